The maximum Gasteiger partial charge on any atom is 0.308 e. The number of amides is 1. The lowest BCUT2D eigenvalue weighted by Crippen LogP contribution is -2.54. The first kappa shape index (κ1) is 15.0. The van der Waals surface area contributed by atoms with Crippen LogP contribution in [-0.4, -0.2) is 34.0 Å². The van der Waals surface area contributed by atoms with Crippen LogP contribution in [0.5, 0.6) is 0 Å². The molecule has 1 amide bonds. The van der Waals surface area contributed by atoms with E-state index in [0.29, 0.717) is 19.4 Å². The molecule has 0 aromatic heterocycles. The van der Waals surface area contributed by atoms with Crippen LogP contribution in [0.2, 0.25) is 0 Å². The van der Waals surface area contributed by atoms with Gasteiger partial charge in [-0.05, 0) is 32.1 Å². The minimum absolute atomic E-state index is 0.0850. The quantitative estimate of drug-likeness (QED) is 0.843. The van der Waals surface area contributed by atoms with E-state index in [-0.39, 0.29) is 16.9 Å². The van der Waals surface area contributed by atoms with Crippen molar-refractivity contribution in [3.05, 3.63) is 0 Å². The second-order valence-corrected chi connectivity index (χ2v) is 7.13. The van der Waals surface area contributed by atoms with Crippen LogP contribution < -0.4 is 0 Å². The highest BCUT2D eigenvalue weighted by atomic mass is 16.4. The molecular weight excluding hydrogens is 230 g/mol. The minimum atomic E-state index is -0.793. The molecule has 0 aromatic rings. The highest BCUT2D eigenvalue weighted by molar-refractivity contribution is 5.81. The number of hydrogen-bond donors (Lipinski definition) is 1. The van der Waals surface area contributed by atoms with Gasteiger partial charge in [-0.2, -0.15) is 0 Å². The highest BCUT2D eigenvalue weighted by Gasteiger charge is 2.39. The second-order valence-electron chi connectivity index (χ2n) is 7.13. The number of carbonyl (C=O) groups excluding carboxylic acids is 1. The van der Waals surface area contributed by atoms with Crippen LogP contribution in [0.15, 0.2) is 0 Å². The largest absolute Gasteiger partial charge is 0.481 e. The first-order valence-corrected chi connectivity index (χ1v) is 6.56. The van der Waals surface area contributed by atoms with Gasteiger partial charge in [0.2, 0.25) is 5.91 Å². The third kappa shape index (κ3) is 3.72. The first-order valence-electron chi connectivity index (χ1n) is 6.56. The molecule has 4 heteroatoms. The normalized spacial score (nSPS) is 22.2. The van der Waals surface area contributed by atoms with Crippen LogP contribution >= 0.6 is 0 Å². The summed E-state index contributed by atoms with van der Waals surface area (Å²) < 4.78 is 0. The summed E-state index contributed by atoms with van der Waals surface area (Å²) in [6.45, 7) is 10.8. The summed E-state index contributed by atoms with van der Waals surface area (Å²) in [5.41, 5.74) is -0.177. The molecule has 1 heterocycles. The van der Waals surface area contributed by atoms with Gasteiger partial charge in [-0.25, -0.2) is 0 Å². The zero-order valence-corrected chi connectivity index (χ0v) is 12.1. The van der Waals surface area contributed by atoms with Crippen molar-refractivity contribution in [1.29, 1.82) is 0 Å². The Morgan fingerprint density at radius 2 is 1.89 bits per heavy atom. The predicted molar refractivity (Wildman–Crippen MR) is 70.2 cm³/mol. The number of nitrogens with zero attached hydrogens (tertiary/aromatic N) is 1. The SMILES string of the molecule is CC(C)(C)CC(C)(C)N1CC(C(=O)O)CCC1=O. The molecule has 1 fully saturated rings. The summed E-state index contributed by atoms with van der Waals surface area (Å²) >= 11 is 0. The van der Waals surface area contributed by atoms with E-state index in [9.17, 15) is 9.59 Å². The van der Waals surface area contributed by atoms with Crippen molar-refractivity contribution in [2.75, 3.05) is 6.54 Å². The third-order valence-electron chi connectivity index (χ3n) is 3.45. The van der Waals surface area contributed by atoms with Gasteiger partial charge in [0.15, 0.2) is 0 Å². The van der Waals surface area contributed by atoms with Gasteiger partial charge in [0.05, 0.1) is 5.92 Å². The molecule has 104 valence electrons. The molecule has 1 unspecified atom stereocenters. The van der Waals surface area contributed by atoms with Crippen LogP contribution in [0.25, 0.3) is 0 Å². The average molecular weight is 255 g/mol. The van der Waals surface area contributed by atoms with Gasteiger partial charge in [-0.1, -0.05) is 20.8 Å². The van der Waals surface area contributed by atoms with Crippen molar-refractivity contribution in [3.63, 3.8) is 0 Å². The van der Waals surface area contributed by atoms with Crippen LogP contribution in [0, 0.1) is 11.3 Å². The van der Waals surface area contributed by atoms with Crippen molar-refractivity contribution in [2.24, 2.45) is 11.3 Å². The Hall–Kier alpha value is -1.06. The molecule has 4 nitrogen and oxygen atoms in total. The molecule has 1 aliphatic heterocycles. The van der Waals surface area contributed by atoms with E-state index in [1.807, 2.05) is 13.8 Å². The van der Waals surface area contributed by atoms with Crippen LogP contribution in [0.4, 0.5) is 0 Å². The molecule has 0 spiro atoms. The maximum absolute atomic E-state index is 12.0. The summed E-state index contributed by atoms with van der Waals surface area (Å²) in [5, 5.41) is 9.10. The summed E-state index contributed by atoms with van der Waals surface area (Å²) in [6, 6.07) is 0. The smallest absolute Gasteiger partial charge is 0.308 e. The first-order chi connectivity index (χ1) is 8.03. The molecule has 1 rings (SSSR count). The van der Waals surface area contributed by atoms with Crippen molar-refractivity contribution in [1.82, 2.24) is 4.90 Å². The molecule has 0 aromatic carbocycles. The fourth-order valence-electron chi connectivity index (χ4n) is 3.03. The minimum Gasteiger partial charge on any atom is -0.481 e. The van der Waals surface area contributed by atoms with Gasteiger partial charge in [0, 0.05) is 18.5 Å². The fourth-order valence-corrected chi connectivity index (χ4v) is 3.03. The molecule has 0 saturated carbocycles. The summed E-state index contributed by atoms with van der Waals surface area (Å²) in [4.78, 5) is 24.9. The lowest BCUT2D eigenvalue weighted by atomic mass is 9.79. The Morgan fingerprint density at radius 1 is 1.33 bits per heavy atom. The van der Waals surface area contributed by atoms with Crippen LogP contribution in [0.3, 0.4) is 0 Å². The number of likely N-dealkylation sites (tertiary alicyclic amines) is 1. The standard InChI is InChI=1S/C14H25NO3/c1-13(2,3)9-14(4,5)15-8-10(12(17)18)6-7-11(15)16/h10H,6-9H2,1-5H3,(H,17,18). The van der Waals surface area contributed by atoms with E-state index >= 15 is 0 Å². The van der Waals surface area contributed by atoms with Crippen molar-refractivity contribution in [2.45, 2.75) is 59.4 Å². The summed E-state index contributed by atoms with van der Waals surface area (Å²) in [5.74, 6) is -1.12. The Balaban J connectivity index is 2.84. The number of carbonyl (C=O) groups is 2. The molecule has 0 aliphatic carbocycles. The summed E-state index contributed by atoms with van der Waals surface area (Å²) in [7, 11) is 0. The van der Waals surface area contributed by atoms with Gasteiger partial charge in [0.1, 0.15) is 0 Å². The number of hydrogen-bond acceptors (Lipinski definition) is 2. The number of aliphatic carboxylic acids is 1. The Kier molecular flexibility index (Phi) is 4.08. The molecule has 0 bridgehead atoms. The Labute approximate surface area is 109 Å². The lowest BCUT2D eigenvalue weighted by molar-refractivity contribution is -0.151. The van der Waals surface area contributed by atoms with Crippen LogP contribution in [0.1, 0.15) is 53.9 Å². The fraction of sp³-hybridized carbons (Fsp3) is 0.857. The van der Waals surface area contributed by atoms with E-state index in [1.165, 1.54) is 0 Å². The van der Waals surface area contributed by atoms with E-state index in [0.717, 1.165) is 6.42 Å². The number of carboxylic acids is 1. The van der Waals surface area contributed by atoms with Crippen molar-refractivity contribution >= 4 is 11.9 Å². The summed E-state index contributed by atoms with van der Waals surface area (Å²) in [6.07, 6.45) is 1.68. The van der Waals surface area contributed by atoms with E-state index in [2.05, 4.69) is 20.8 Å². The lowest BCUT2D eigenvalue weighted by Gasteiger charge is -2.45. The Bertz CT molecular complexity index is 341. The topological polar surface area (TPSA) is 57.6 Å². The predicted octanol–water partition coefficient (Wildman–Crippen LogP) is 2.52. The van der Waals surface area contributed by atoms with Gasteiger partial charge in [-0.15, -0.1) is 0 Å². The number of rotatable bonds is 3. The molecular formula is C14H25NO3. The monoisotopic (exact) mass is 255 g/mol. The highest BCUT2D eigenvalue weighted by Crippen LogP contribution is 2.34. The number of carboxylic acid groups (broad SMARTS) is 1. The molecule has 1 saturated heterocycles. The second kappa shape index (κ2) is 4.90. The van der Waals surface area contributed by atoms with Crippen LogP contribution in [-0.2, 0) is 9.59 Å². The average Bonchev–Trinajstić information content (AvgIpc) is 2.13. The van der Waals surface area contributed by atoms with Crippen molar-refractivity contribution < 1.29 is 14.7 Å². The van der Waals surface area contributed by atoms with Gasteiger partial charge < -0.3 is 10.0 Å². The van der Waals surface area contributed by atoms with Crippen molar-refractivity contribution in [3.8, 4) is 0 Å². The van der Waals surface area contributed by atoms with E-state index < -0.39 is 11.9 Å². The molecule has 0 radical (unpaired) electrons. The number of piperidine rings is 1. The molecule has 1 atom stereocenters. The molecule has 18 heavy (non-hydrogen) atoms. The zero-order valence-electron chi connectivity index (χ0n) is 12.1. The van der Waals surface area contributed by atoms with Gasteiger partial charge in [-0.3, -0.25) is 9.59 Å². The zero-order chi connectivity index (χ0) is 14.1. The third-order valence-corrected chi connectivity index (χ3v) is 3.45. The molecule has 1 aliphatic rings. The van der Waals surface area contributed by atoms with Gasteiger partial charge >= 0.3 is 5.97 Å². The van der Waals surface area contributed by atoms with Gasteiger partial charge in [0.25, 0.3) is 0 Å². The molecule has 1 N–H and O–H groups in total. The van der Waals surface area contributed by atoms with E-state index in [4.69, 9.17) is 5.11 Å². The maximum atomic E-state index is 12.0. The van der Waals surface area contributed by atoms with E-state index in [1.54, 1.807) is 4.90 Å². The Morgan fingerprint density at radius 3 is 2.33 bits per heavy atom.